The first kappa shape index (κ1) is 11.7. The maximum Gasteiger partial charge on any atom is 0.254 e. The van der Waals surface area contributed by atoms with Crippen molar-refractivity contribution in [2.45, 2.75) is 19.3 Å². The smallest absolute Gasteiger partial charge is 0.254 e. The van der Waals surface area contributed by atoms with Gasteiger partial charge in [0.15, 0.2) is 0 Å². The van der Waals surface area contributed by atoms with E-state index >= 15 is 0 Å². The Kier molecular flexibility index (Phi) is 2.68. The molecule has 1 saturated carbocycles. The fourth-order valence-corrected chi connectivity index (χ4v) is 1.51. The largest absolute Gasteiger partial charge is 0.368 e. The van der Waals surface area contributed by atoms with Crippen molar-refractivity contribution >= 4 is 11.9 Å². The quantitative estimate of drug-likeness (QED) is 0.819. The first-order valence-electron chi connectivity index (χ1n) is 5.15. The molecule has 3 N–H and O–H groups in total. The molecule has 1 fully saturated rings. The van der Waals surface area contributed by atoms with Gasteiger partial charge in [0.2, 0.25) is 5.95 Å². The molecule has 0 aromatic carbocycles. The van der Waals surface area contributed by atoms with E-state index in [1.54, 1.807) is 6.92 Å². The Balaban J connectivity index is 1.96. The Hall–Kier alpha value is -1.79. The van der Waals surface area contributed by atoms with Gasteiger partial charge in [-0.1, -0.05) is 0 Å². The van der Waals surface area contributed by atoms with Gasteiger partial charge in [-0.3, -0.25) is 4.79 Å². The molecule has 0 radical (unpaired) electrons. The lowest BCUT2D eigenvalue weighted by molar-refractivity contribution is 0.0894. The molecule has 17 heavy (non-hydrogen) atoms. The number of aryl methyl sites for hydroxylation is 1. The molecular formula is C10H12F2N4O. The lowest BCUT2D eigenvalue weighted by Gasteiger charge is -2.06. The number of carbonyl (C=O) groups excluding carboxylic acids is 1. The Morgan fingerprint density at radius 1 is 1.71 bits per heavy atom. The molecule has 1 heterocycles. The van der Waals surface area contributed by atoms with Crippen molar-refractivity contribution < 1.29 is 13.6 Å². The maximum absolute atomic E-state index is 12.6. The summed E-state index contributed by atoms with van der Waals surface area (Å²) in [7, 11) is 0. The first-order valence-corrected chi connectivity index (χ1v) is 5.15. The summed E-state index contributed by atoms with van der Waals surface area (Å²) in [6, 6.07) is 0. The van der Waals surface area contributed by atoms with Crippen LogP contribution in [0, 0.1) is 12.8 Å². The predicted molar refractivity (Wildman–Crippen MR) is 56.6 cm³/mol. The van der Waals surface area contributed by atoms with E-state index in [0.29, 0.717) is 5.69 Å². The number of anilines is 1. The minimum Gasteiger partial charge on any atom is -0.368 e. The third-order valence-corrected chi connectivity index (χ3v) is 2.71. The first-order chi connectivity index (χ1) is 7.90. The second-order valence-electron chi connectivity index (χ2n) is 4.10. The van der Waals surface area contributed by atoms with Crippen LogP contribution >= 0.6 is 0 Å². The van der Waals surface area contributed by atoms with Crippen LogP contribution < -0.4 is 11.1 Å². The minimum atomic E-state index is -2.63. The van der Waals surface area contributed by atoms with Crippen molar-refractivity contribution in [2.75, 3.05) is 12.3 Å². The van der Waals surface area contributed by atoms with Gasteiger partial charge < -0.3 is 11.1 Å². The highest BCUT2D eigenvalue weighted by atomic mass is 19.3. The van der Waals surface area contributed by atoms with Gasteiger partial charge in [-0.15, -0.1) is 0 Å². The fourth-order valence-electron chi connectivity index (χ4n) is 1.51. The summed E-state index contributed by atoms with van der Waals surface area (Å²) in [5, 5.41) is 2.44. The van der Waals surface area contributed by atoms with Crippen molar-refractivity contribution in [3.05, 3.63) is 17.5 Å². The van der Waals surface area contributed by atoms with E-state index in [-0.39, 0.29) is 24.5 Å². The third-order valence-electron chi connectivity index (χ3n) is 2.71. The molecule has 0 saturated heterocycles. The molecule has 1 amide bonds. The normalized spacial score (nSPS) is 21.0. The van der Waals surface area contributed by atoms with E-state index in [2.05, 4.69) is 15.3 Å². The average molecular weight is 242 g/mol. The number of aromatic nitrogens is 2. The molecule has 92 valence electrons. The van der Waals surface area contributed by atoms with Crippen LogP contribution in [0.2, 0.25) is 0 Å². The number of nitrogens with one attached hydrogen (secondary N) is 1. The van der Waals surface area contributed by atoms with Crippen molar-refractivity contribution in [1.29, 1.82) is 0 Å². The highest BCUT2D eigenvalue weighted by Gasteiger charge is 2.56. The molecule has 5 nitrogen and oxygen atoms in total. The molecule has 0 bridgehead atoms. The monoisotopic (exact) mass is 242 g/mol. The van der Waals surface area contributed by atoms with Crippen LogP contribution in [0.5, 0.6) is 0 Å². The number of nitrogens with zero attached hydrogens (tertiary/aromatic N) is 2. The number of amides is 1. The predicted octanol–water partition coefficient (Wildman–Crippen LogP) is 0.752. The van der Waals surface area contributed by atoms with Crippen LogP contribution in [0.25, 0.3) is 0 Å². The summed E-state index contributed by atoms with van der Waals surface area (Å²) < 4.78 is 25.2. The lowest BCUT2D eigenvalue weighted by atomic mass is 10.2. The van der Waals surface area contributed by atoms with Gasteiger partial charge in [-0.25, -0.2) is 18.7 Å². The molecule has 0 spiro atoms. The Labute approximate surface area is 96.4 Å². The van der Waals surface area contributed by atoms with Crippen LogP contribution in [-0.4, -0.2) is 28.3 Å². The van der Waals surface area contributed by atoms with E-state index in [4.69, 9.17) is 5.73 Å². The number of nitrogens with two attached hydrogens (primary N) is 1. The second kappa shape index (κ2) is 3.90. The van der Waals surface area contributed by atoms with Crippen molar-refractivity contribution in [1.82, 2.24) is 15.3 Å². The molecule has 1 aromatic heterocycles. The maximum atomic E-state index is 12.6. The van der Waals surface area contributed by atoms with E-state index in [1.807, 2.05) is 0 Å². The summed E-state index contributed by atoms with van der Waals surface area (Å²) in [5.74, 6) is -3.75. The van der Waals surface area contributed by atoms with Gasteiger partial charge in [0.1, 0.15) is 0 Å². The van der Waals surface area contributed by atoms with E-state index < -0.39 is 17.7 Å². The molecular weight excluding hydrogens is 230 g/mol. The highest BCUT2D eigenvalue weighted by Crippen LogP contribution is 2.47. The van der Waals surface area contributed by atoms with Crippen LogP contribution in [0.1, 0.15) is 22.5 Å². The molecule has 1 aromatic rings. The van der Waals surface area contributed by atoms with Crippen LogP contribution in [0.4, 0.5) is 14.7 Å². The number of carbonyl (C=O) groups is 1. The summed E-state index contributed by atoms with van der Waals surface area (Å²) in [6.45, 7) is 1.58. The fraction of sp³-hybridized carbons (Fsp3) is 0.500. The van der Waals surface area contributed by atoms with E-state index in [0.717, 1.165) is 0 Å². The molecule has 7 heteroatoms. The Bertz CT molecular complexity index is 464. The summed E-state index contributed by atoms with van der Waals surface area (Å²) >= 11 is 0. The zero-order valence-electron chi connectivity index (χ0n) is 9.20. The highest BCUT2D eigenvalue weighted by molar-refractivity contribution is 5.94. The van der Waals surface area contributed by atoms with Crippen LogP contribution in [-0.2, 0) is 0 Å². The van der Waals surface area contributed by atoms with Gasteiger partial charge in [0, 0.05) is 25.1 Å². The number of halogens is 2. The van der Waals surface area contributed by atoms with Gasteiger partial charge in [0.05, 0.1) is 11.3 Å². The van der Waals surface area contributed by atoms with E-state index in [9.17, 15) is 13.6 Å². The number of hydrogen-bond acceptors (Lipinski definition) is 4. The molecule has 1 aliphatic carbocycles. The number of nitrogen functional groups attached to an aromatic ring is 1. The second-order valence-corrected chi connectivity index (χ2v) is 4.10. The molecule has 1 atom stereocenters. The van der Waals surface area contributed by atoms with Crippen molar-refractivity contribution in [3.63, 3.8) is 0 Å². The number of rotatable bonds is 3. The standard InChI is InChI=1S/C10H12F2N4O/c1-5-7(4-15-9(13)16-5)8(17)14-3-6-2-10(6,11)12/h4,6H,2-3H2,1H3,(H,14,17)(H2,13,15,16). The summed E-state index contributed by atoms with van der Waals surface area (Å²) in [4.78, 5) is 19.2. The lowest BCUT2D eigenvalue weighted by Crippen LogP contribution is -2.28. The number of alkyl halides is 2. The summed E-state index contributed by atoms with van der Waals surface area (Å²) in [5.41, 5.74) is 6.02. The van der Waals surface area contributed by atoms with Crippen LogP contribution in [0.15, 0.2) is 6.20 Å². The molecule has 2 rings (SSSR count). The Morgan fingerprint density at radius 3 is 2.88 bits per heavy atom. The van der Waals surface area contributed by atoms with Gasteiger partial charge in [-0.2, -0.15) is 0 Å². The summed E-state index contributed by atoms with van der Waals surface area (Å²) in [6.07, 6.45) is 1.13. The molecule has 1 aliphatic rings. The molecule has 0 aliphatic heterocycles. The number of hydrogen-bond donors (Lipinski definition) is 2. The van der Waals surface area contributed by atoms with E-state index in [1.165, 1.54) is 6.20 Å². The zero-order valence-corrected chi connectivity index (χ0v) is 9.20. The third kappa shape index (κ3) is 2.48. The SMILES string of the molecule is Cc1nc(N)ncc1C(=O)NCC1CC1(F)F. The average Bonchev–Trinajstić information content (AvgIpc) is 2.83. The molecule has 1 unspecified atom stereocenters. The van der Waals surface area contributed by atoms with Gasteiger partial charge in [-0.05, 0) is 6.92 Å². The zero-order chi connectivity index (χ0) is 12.6. The minimum absolute atomic E-state index is 0.0321. The topological polar surface area (TPSA) is 80.9 Å². The Morgan fingerprint density at radius 2 is 2.35 bits per heavy atom. The van der Waals surface area contributed by atoms with Crippen molar-refractivity contribution in [2.24, 2.45) is 5.92 Å². The van der Waals surface area contributed by atoms with Crippen molar-refractivity contribution in [3.8, 4) is 0 Å². The van der Waals surface area contributed by atoms with Gasteiger partial charge >= 0.3 is 0 Å². The van der Waals surface area contributed by atoms with Gasteiger partial charge in [0.25, 0.3) is 11.8 Å². The van der Waals surface area contributed by atoms with Crippen LogP contribution in [0.3, 0.4) is 0 Å².